The minimum absolute atomic E-state index is 0.485. The SMILES string of the molecule is Cc1nc(=S)cc(C(C)C)[nH]1. The summed E-state index contributed by atoms with van der Waals surface area (Å²) in [4.78, 5) is 7.25. The highest BCUT2D eigenvalue weighted by molar-refractivity contribution is 7.71. The molecule has 1 aromatic rings. The van der Waals surface area contributed by atoms with Crippen LogP contribution in [0.5, 0.6) is 0 Å². The van der Waals surface area contributed by atoms with Gasteiger partial charge >= 0.3 is 0 Å². The van der Waals surface area contributed by atoms with Crippen LogP contribution in [0.4, 0.5) is 0 Å². The van der Waals surface area contributed by atoms with Gasteiger partial charge in [0.15, 0.2) is 0 Å². The Morgan fingerprint density at radius 3 is 2.64 bits per heavy atom. The zero-order chi connectivity index (χ0) is 8.43. The van der Waals surface area contributed by atoms with E-state index in [9.17, 15) is 0 Å². The second-order valence-corrected chi connectivity index (χ2v) is 3.33. The van der Waals surface area contributed by atoms with Crippen molar-refractivity contribution in [3.05, 3.63) is 22.2 Å². The van der Waals surface area contributed by atoms with E-state index < -0.39 is 0 Å². The second-order valence-electron chi connectivity index (χ2n) is 2.91. The van der Waals surface area contributed by atoms with E-state index in [2.05, 4.69) is 23.8 Å². The van der Waals surface area contributed by atoms with Gasteiger partial charge in [-0.1, -0.05) is 26.1 Å². The number of nitrogens with zero attached hydrogens (tertiary/aromatic N) is 1. The van der Waals surface area contributed by atoms with Gasteiger partial charge in [-0.3, -0.25) is 0 Å². The second kappa shape index (κ2) is 3.13. The fourth-order valence-corrected chi connectivity index (χ4v) is 1.18. The third-order valence-corrected chi connectivity index (χ3v) is 1.71. The summed E-state index contributed by atoms with van der Waals surface area (Å²) in [6.07, 6.45) is 0. The van der Waals surface area contributed by atoms with Crippen molar-refractivity contribution in [3.63, 3.8) is 0 Å². The molecular formula is C8H12N2S. The third-order valence-electron chi connectivity index (χ3n) is 1.50. The van der Waals surface area contributed by atoms with Gasteiger partial charge in [-0.25, -0.2) is 4.98 Å². The predicted molar refractivity (Wildman–Crippen MR) is 48.2 cm³/mol. The van der Waals surface area contributed by atoms with Crippen molar-refractivity contribution in [3.8, 4) is 0 Å². The van der Waals surface area contributed by atoms with Gasteiger partial charge in [-0.15, -0.1) is 0 Å². The van der Waals surface area contributed by atoms with Crippen LogP contribution in [0.25, 0.3) is 0 Å². The Morgan fingerprint density at radius 1 is 1.55 bits per heavy atom. The van der Waals surface area contributed by atoms with E-state index in [4.69, 9.17) is 12.2 Å². The first-order valence-electron chi connectivity index (χ1n) is 3.67. The van der Waals surface area contributed by atoms with E-state index in [0.717, 1.165) is 11.5 Å². The Labute approximate surface area is 71.7 Å². The fourth-order valence-electron chi connectivity index (χ4n) is 0.915. The molecule has 0 aliphatic rings. The topological polar surface area (TPSA) is 28.7 Å². The largest absolute Gasteiger partial charge is 0.347 e. The molecular weight excluding hydrogens is 156 g/mol. The molecule has 0 aliphatic carbocycles. The van der Waals surface area contributed by atoms with Gasteiger partial charge < -0.3 is 4.98 Å². The molecule has 0 amide bonds. The molecule has 0 bridgehead atoms. The van der Waals surface area contributed by atoms with Crippen molar-refractivity contribution in [2.24, 2.45) is 0 Å². The minimum atomic E-state index is 0.485. The van der Waals surface area contributed by atoms with Crippen LogP contribution in [0.15, 0.2) is 6.07 Å². The molecule has 0 saturated heterocycles. The molecule has 0 fully saturated rings. The molecule has 60 valence electrons. The number of nitrogens with one attached hydrogen (secondary N) is 1. The van der Waals surface area contributed by atoms with Crippen LogP contribution in [0.3, 0.4) is 0 Å². The number of aromatic amines is 1. The highest BCUT2D eigenvalue weighted by Crippen LogP contribution is 2.10. The summed E-state index contributed by atoms with van der Waals surface area (Å²) >= 11 is 4.98. The number of hydrogen-bond acceptors (Lipinski definition) is 2. The highest BCUT2D eigenvalue weighted by Gasteiger charge is 1.99. The third kappa shape index (κ3) is 2.12. The van der Waals surface area contributed by atoms with Crippen molar-refractivity contribution < 1.29 is 0 Å². The first-order valence-corrected chi connectivity index (χ1v) is 4.08. The Bertz CT molecular complexity index is 301. The Balaban J connectivity index is 3.19. The Hall–Kier alpha value is -0.700. The summed E-state index contributed by atoms with van der Waals surface area (Å²) in [6.45, 7) is 6.17. The lowest BCUT2D eigenvalue weighted by Crippen LogP contribution is -1.96. The van der Waals surface area contributed by atoms with Gasteiger partial charge in [-0.2, -0.15) is 0 Å². The van der Waals surface area contributed by atoms with Crippen LogP contribution in [-0.2, 0) is 0 Å². The molecule has 1 rings (SSSR count). The van der Waals surface area contributed by atoms with Crippen LogP contribution in [0.1, 0.15) is 31.3 Å². The number of H-pyrrole nitrogens is 1. The first kappa shape index (κ1) is 8.40. The predicted octanol–water partition coefficient (Wildman–Crippen LogP) is 2.57. The number of hydrogen-bond donors (Lipinski definition) is 1. The van der Waals surface area contributed by atoms with Crippen molar-refractivity contribution in [2.45, 2.75) is 26.7 Å². The molecule has 1 N–H and O–H groups in total. The smallest absolute Gasteiger partial charge is 0.129 e. The normalized spacial score (nSPS) is 10.5. The van der Waals surface area contributed by atoms with Crippen LogP contribution in [0, 0.1) is 11.6 Å². The quantitative estimate of drug-likeness (QED) is 0.653. The molecule has 0 saturated carbocycles. The maximum atomic E-state index is 4.98. The molecule has 1 aromatic heterocycles. The van der Waals surface area contributed by atoms with Gasteiger partial charge in [0.1, 0.15) is 10.5 Å². The lowest BCUT2D eigenvalue weighted by atomic mass is 10.1. The maximum Gasteiger partial charge on any atom is 0.129 e. The highest BCUT2D eigenvalue weighted by atomic mass is 32.1. The first-order chi connectivity index (χ1) is 5.09. The minimum Gasteiger partial charge on any atom is -0.347 e. The summed E-state index contributed by atoms with van der Waals surface area (Å²) in [5, 5.41) is 0. The summed E-state index contributed by atoms with van der Waals surface area (Å²) < 4.78 is 0.671. The zero-order valence-electron chi connectivity index (χ0n) is 7.01. The molecule has 0 unspecified atom stereocenters. The average Bonchev–Trinajstić information content (AvgIpc) is 1.85. The Morgan fingerprint density at radius 2 is 2.18 bits per heavy atom. The van der Waals surface area contributed by atoms with Gasteiger partial charge in [0.05, 0.1) is 0 Å². The monoisotopic (exact) mass is 168 g/mol. The standard InChI is InChI=1S/C8H12N2S/c1-5(2)7-4-8(11)10-6(3)9-7/h4-5H,1-3H3,(H,9,10,11). The molecule has 0 atom stereocenters. The molecule has 0 spiro atoms. The summed E-state index contributed by atoms with van der Waals surface area (Å²) in [7, 11) is 0. The Kier molecular flexibility index (Phi) is 2.39. The molecule has 1 heterocycles. The fraction of sp³-hybridized carbons (Fsp3) is 0.500. The van der Waals surface area contributed by atoms with Crippen molar-refractivity contribution in [2.75, 3.05) is 0 Å². The van der Waals surface area contributed by atoms with E-state index in [1.54, 1.807) is 0 Å². The molecule has 0 radical (unpaired) electrons. The lowest BCUT2D eigenvalue weighted by molar-refractivity contribution is 0.799. The van der Waals surface area contributed by atoms with Crippen molar-refractivity contribution >= 4 is 12.2 Å². The van der Waals surface area contributed by atoms with Crippen molar-refractivity contribution in [1.29, 1.82) is 0 Å². The van der Waals surface area contributed by atoms with E-state index in [1.165, 1.54) is 0 Å². The molecule has 0 aromatic carbocycles. The molecule has 2 nitrogen and oxygen atoms in total. The van der Waals surface area contributed by atoms with Gasteiger partial charge in [-0.05, 0) is 18.9 Å². The number of aromatic nitrogens is 2. The van der Waals surface area contributed by atoms with Crippen LogP contribution >= 0.6 is 12.2 Å². The summed E-state index contributed by atoms with van der Waals surface area (Å²) in [5.41, 5.74) is 1.16. The van der Waals surface area contributed by atoms with Gasteiger partial charge in [0.2, 0.25) is 0 Å². The molecule has 0 aliphatic heterocycles. The molecule has 3 heteroatoms. The van der Waals surface area contributed by atoms with E-state index in [-0.39, 0.29) is 0 Å². The van der Waals surface area contributed by atoms with Crippen LogP contribution < -0.4 is 0 Å². The van der Waals surface area contributed by atoms with E-state index >= 15 is 0 Å². The van der Waals surface area contributed by atoms with Gasteiger partial charge in [0, 0.05) is 5.69 Å². The van der Waals surface area contributed by atoms with E-state index in [1.807, 2.05) is 13.0 Å². The summed E-state index contributed by atoms with van der Waals surface area (Å²) in [6, 6.07) is 1.91. The zero-order valence-corrected chi connectivity index (χ0v) is 7.83. The maximum absolute atomic E-state index is 4.98. The number of rotatable bonds is 1. The summed E-state index contributed by atoms with van der Waals surface area (Å²) in [5.74, 6) is 1.37. The van der Waals surface area contributed by atoms with Crippen molar-refractivity contribution in [1.82, 2.24) is 9.97 Å². The molecule has 11 heavy (non-hydrogen) atoms. The lowest BCUT2D eigenvalue weighted by Gasteiger charge is -2.05. The van der Waals surface area contributed by atoms with E-state index in [0.29, 0.717) is 10.6 Å². The number of aryl methyl sites for hydroxylation is 1. The average molecular weight is 168 g/mol. The van der Waals surface area contributed by atoms with Gasteiger partial charge in [0.25, 0.3) is 0 Å². The van der Waals surface area contributed by atoms with Crippen LogP contribution in [0.2, 0.25) is 0 Å². The van der Waals surface area contributed by atoms with Crippen LogP contribution in [-0.4, -0.2) is 9.97 Å².